The van der Waals surface area contributed by atoms with E-state index >= 15 is 0 Å². The molecule has 0 saturated carbocycles. The molecular formula is C18H28O6. The number of hydrogen-bond acceptors (Lipinski definition) is 6. The first kappa shape index (κ1) is 18.1. The van der Waals surface area contributed by atoms with Crippen molar-refractivity contribution in [3.8, 4) is 12.3 Å². The van der Waals surface area contributed by atoms with Crippen LogP contribution >= 0.6 is 0 Å². The highest BCUT2D eigenvalue weighted by Gasteiger charge is 2.66. The van der Waals surface area contributed by atoms with Gasteiger partial charge in [-0.2, -0.15) is 0 Å². The monoisotopic (exact) mass is 340 g/mol. The van der Waals surface area contributed by atoms with Gasteiger partial charge in [0.25, 0.3) is 0 Å². The molecule has 3 saturated heterocycles. The van der Waals surface area contributed by atoms with Crippen LogP contribution in [0, 0.1) is 17.8 Å². The summed E-state index contributed by atoms with van der Waals surface area (Å²) < 4.78 is 35.9. The Morgan fingerprint density at radius 3 is 2.33 bits per heavy atom. The highest BCUT2D eigenvalue weighted by Crippen LogP contribution is 2.53. The molecule has 3 aliphatic rings. The molecule has 0 aromatic heterocycles. The molecule has 0 unspecified atom stereocenters. The first-order valence-electron chi connectivity index (χ1n) is 8.42. The molecule has 0 N–H and O–H groups in total. The molecule has 3 aliphatic heterocycles. The van der Waals surface area contributed by atoms with Gasteiger partial charge in [0, 0.05) is 13.5 Å². The van der Waals surface area contributed by atoms with E-state index in [9.17, 15) is 0 Å². The average Bonchev–Trinajstić information content (AvgIpc) is 3.07. The van der Waals surface area contributed by atoms with Gasteiger partial charge in [-0.05, 0) is 27.7 Å². The van der Waals surface area contributed by atoms with Crippen LogP contribution in [0.15, 0.2) is 0 Å². The summed E-state index contributed by atoms with van der Waals surface area (Å²) in [5.74, 6) is 1.36. The van der Waals surface area contributed by atoms with Gasteiger partial charge in [-0.3, -0.25) is 0 Å². The summed E-state index contributed by atoms with van der Waals surface area (Å²) in [6, 6.07) is 0. The number of rotatable bonds is 4. The maximum atomic E-state index is 6.24. The molecule has 136 valence electrons. The predicted octanol–water partition coefficient (Wildman–Crippen LogP) is 2.06. The van der Waals surface area contributed by atoms with Crippen LogP contribution in [0.3, 0.4) is 0 Å². The highest BCUT2D eigenvalue weighted by molar-refractivity contribution is 5.10. The largest absolute Gasteiger partial charge is 0.380 e. The second kappa shape index (κ2) is 5.94. The fourth-order valence-electron chi connectivity index (χ4n) is 4.09. The summed E-state index contributed by atoms with van der Waals surface area (Å²) in [5, 5.41) is 0. The summed E-state index contributed by atoms with van der Waals surface area (Å²) in [4.78, 5) is 0. The van der Waals surface area contributed by atoms with E-state index in [4.69, 9.17) is 34.8 Å². The van der Waals surface area contributed by atoms with E-state index < -0.39 is 23.3 Å². The van der Waals surface area contributed by atoms with Crippen LogP contribution in [0.4, 0.5) is 0 Å². The summed E-state index contributed by atoms with van der Waals surface area (Å²) in [6.45, 7) is 10.1. The predicted molar refractivity (Wildman–Crippen MR) is 86.0 cm³/mol. The third kappa shape index (κ3) is 2.88. The molecule has 0 aliphatic carbocycles. The average molecular weight is 340 g/mol. The molecule has 24 heavy (non-hydrogen) atoms. The van der Waals surface area contributed by atoms with Crippen LogP contribution in [-0.4, -0.2) is 56.0 Å². The van der Waals surface area contributed by atoms with E-state index in [1.54, 1.807) is 7.11 Å². The van der Waals surface area contributed by atoms with Crippen molar-refractivity contribution in [2.45, 2.75) is 83.3 Å². The van der Waals surface area contributed by atoms with Crippen molar-refractivity contribution in [3.63, 3.8) is 0 Å². The number of terminal acetylenes is 1. The van der Waals surface area contributed by atoms with Gasteiger partial charge in [-0.15, -0.1) is 12.3 Å². The molecule has 0 aromatic carbocycles. The minimum absolute atomic E-state index is 0.235. The lowest BCUT2D eigenvalue weighted by Gasteiger charge is -2.41. The zero-order valence-electron chi connectivity index (χ0n) is 15.3. The lowest BCUT2D eigenvalue weighted by atomic mass is 9.72. The molecule has 0 spiro atoms. The number of methoxy groups -OCH3 is 1. The Balaban J connectivity index is 1.92. The Hall–Kier alpha value is -0.680. The van der Waals surface area contributed by atoms with Crippen LogP contribution in [-0.2, 0) is 28.4 Å². The Morgan fingerprint density at radius 2 is 1.79 bits per heavy atom. The Bertz CT molecular complexity index is 524. The van der Waals surface area contributed by atoms with Gasteiger partial charge in [0.15, 0.2) is 17.9 Å². The van der Waals surface area contributed by atoms with Crippen molar-refractivity contribution >= 4 is 0 Å². The Morgan fingerprint density at radius 1 is 1.08 bits per heavy atom. The minimum atomic E-state index is -0.706. The van der Waals surface area contributed by atoms with E-state index in [1.165, 1.54) is 0 Å². The third-order valence-corrected chi connectivity index (χ3v) is 5.21. The maximum absolute atomic E-state index is 6.24. The summed E-state index contributed by atoms with van der Waals surface area (Å²) in [6.07, 6.45) is 4.48. The Labute approximate surface area is 144 Å². The Kier molecular flexibility index (Phi) is 4.49. The van der Waals surface area contributed by atoms with E-state index in [0.29, 0.717) is 13.0 Å². The third-order valence-electron chi connectivity index (χ3n) is 5.21. The standard InChI is InChI=1S/C18H28O6/c1-8-9-12(19-7)18(6)13(11-10-20-16(2,3)22-11)21-15-14(18)23-17(4,5)24-15/h1,11-15H,9-10H2,2-7H3/t11-,12-,13-,14+,15-,18-/m1/s1. The second-order valence-corrected chi connectivity index (χ2v) is 7.85. The zero-order valence-corrected chi connectivity index (χ0v) is 15.3. The molecule has 6 atom stereocenters. The van der Waals surface area contributed by atoms with Crippen LogP contribution in [0.25, 0.3) is 0 Å². The number of ether oxygens (including phenoxy) is 6. The van der Waals surface area contributed by atoms with Crippen LogP contribution < -0.4 is 0 Å². The fourth-order valence-corrected chi connectivity index (χ4v) is 4.09. The zero-order chi connectivity index (χ0) is 17.8. The van der Waals surface area contributed by atoms with Gasteiger partial charge in [0.05, 0.1) is 24.2 Å². The van der Waals surface area contributed by atoms with Crippen molar-refractivity contribution in [2.24, 2.45) is 5.41 Å². The molecule has 3 heterocycles. The molecule has 3 rings (SSSR count). The van der Waals surface area contributed by atoms with Crippen molar-refractivity contribution in [2.75, 3.05) is 13.7 Å². The SMILES string of the molecule is C#CC[C@@H](OC)[C@]1(C)[C@@H]([C@H]2COC(C)(C)O2)O[C@@H]2OC(C)(C)O[C@@H]21. The number of fused-ring (bicyclic) bond motifs is 1. The molecular weight excluding hydrogens is 312 g/mol. The summed E-state index contributed by atoms with van der Waals surface area (Å²) >= 11 is 0. The first-order chi connectivity index (χ1) is 11.1. The second-order valence-electron chi connectivity index (χ2n) is 7.85. The molecule has 0 bridgehead atoms. The lowest BCUT2D eigenvalue weighted by Crippen LogP contribution is -2.53. The van der Waals surface area contributed by atoms with E-state index in [1.807, 2.05) is 27.7 Å². The van der Waals surface area contributed by atoms with Crippen LogP contribution in [0.5, 0.6) is 0 Å². The van der Waals surface area contributed by atoms with E-state index in [-0.39, 0.29) is 24.4 Å². The molecule has 0 radical (unpaired) electrons. The van der Waals surface area contributed by atoms with Crippen molar-refractivity contribution in [3.05, 3.63) is 0 Å². The molecule has 3 fully saturated rings. The molecule has 6 heteroatoms. The quantitative estimate of drug-likeness (QED) is 0.730. The van der Waals surface area contributed by atoms with Gasteiger partial charge >= 0.3 is 0 Å². The fraction of sp³-hybridized carbons (Fsp3) is 0.889. The number of hydrogen-bond donors (Lipinski definition) is 0. The molecule has 0 aromatic rings. The molecule has 0 amide bonds. The van der Waals surface area contributed by atoms with Gasteiger partial charge in [0.2, 0.25) is 0 Å². The van der Waals surface area contributed by atoms with Gasteiger partial charge in [-0.25, -0.2) is 0 Å². The molecule has 6 nitrogen and oxygen atoms in total. The van der Waals surface area contributed by atoms with Crippen molar-refractivity contribution in [1.82, 2.24) is 0 Å². The highest BCUT2D eigenvalue weighted by atomic mass is 16.8. The van der Waals surface area contributed by atoms with Gasteiger partial charge < -0.3 is 28.4 Å². The minimum Gasteiger partial charge on any atom is -0.380 e. The smallest absolute Gasteiger partial charge is 0.188 e. The maximum Gasteiger partial charge on any atom is 0.188 e. The summed E-state index contributed by atoms with van der Waals surface area (Å²) in [5.41, 5.74) is -0.520. The van der Waals surface area contributed by atoms with Gasteiger partial charge in [0.1, 0.15) is 12.2 Å². The van der Waals surface area contributed by atoms with E-state index in [2.05, 4.69) is 12.8 Å². The summed E-state index contributed by atoms with van der Waals surface area (Å²) in [7, 11) is 1.66. The van der Waals surface area contributed by atoms with Gasteiger partial charge in [-0.1, -0.05) is 6.92 Å². The normalized spacial score (nSPS) is 44.2. The van der Waals surface area contributed by atoms with E-state index in [0.717, 1.165) is 0 Å². The van der Waals surface area contributed by atoms with Crippen molar-refractivity contribution < 1.29 is 28.4 Å². The lowest BCUT2D eigenvalue weighted by molar-refractivity contribution is -0.245. The van der Waals surface area contributed by atoms with Crippen LogP contribution in [0.1, 0.15) is 41.0 Å². The van der Waals surface area contributed by atoms with Crippen molar-refractivity contribution in [1.29, 1.82) is 0 Å². The first-order valence-corrected chi connectivity index (χ1v) is 8.42. The topological polar surface area (TPSA) is 55.4 Å². The van der Waals surface area contributed by atoms with Crippen LogP contribution in [0.2, 0.25) is 0 Å².